The lowest BCUT2D eigenvalue weighted by Gasteiger charge is -2.24. The highest BCUT2D eigenvalue weighted by molar-refractivity contribution is 9.10. The Labute approximate surface area is 117 Å². The molecule has 1 fully saturated rings. The van der Waals surface area contributed by atoms with Crippen LogP contribution in [-0.2, 0) is 0 Å². The first-order valence-electron chi connectivity index (χ1n) is 6.24. The smallest absolute Gasteiger partial charge is 0.152 e. The molecule has 3 nitrogen and oxygen atoms in total. The second kappa shape index (κ2) is 5.85. The quantitative estimate of drug-likeness (QED) is 0.799. The fourth-order valence-corrected chi connectivity index (χ4v) is 2.96. The molecule has 1 unspecified atom stereocenters. The van der Waals surface area contributed by atoms with E-state index in [0.717, 1.165) is 35.1 Å². The summed E-state index contributed by atoms with van der Waals surface area (Å²) in [5.41, 5.74) is 1.76. The van der Waals surface area contributed by atoms with Crippen LogP contribution in [0.1, 0.15) is 16.8 Å². The highest BCUT2D eigenvalue weighted by atomic mass is 79.9. The number of hydrogen-bond donors (Lipinski definition) is 0. The minimum absolute atomic E-state index is 0.693. The second-order valence-corrected chi connectivity index (χ2v) is 6.03. The molecule has 0 saturated carbocycles. The molecule has 1 aromatic rings. The van der Waals surface area contributed by atoms with Crippen molar-refractivity contribution >= 4 is 27.9 Å². The topological polar surface area (TPSA) is 23.6 Å². The van der Waals surface area contributed by atoms with Gasteiger partial charge in [-0.05, 0) is 44.1 Å². The Kier molecular flexibility index (Phi) is 4.40. The van der Waals surface area contributed by atoms with Gasteiger partial charge in [-0.2, -0.15) is 0 Å². The lowest BCUT2D eigenvalue weighted by Crippen LogP contribution is -2.27. The maximum Gasteiger partial charge on any atom is 0.152 e. The predicted octanol–water partition coefficient (Wildman–Crippen LogP) is 2.65. The molecular weight excluding hydrogens is 292 g/mol. The highest BCUT2D eigenvalue weighted by Crippen LogP contribution is 2.25. The summed E-state index contributed by atoms with van der Waals surface area (Å²) in [7, 11) is 4.23. The number of carbonyl (C=O) groups excluding carboxylic acids is 1. The van der Waals surface area contributed by atoms with E-state index >= 15 is 0 Å². The molecule has 1 heterocycles. The fraction of sp³-hybridized carbons (Fsp3) is 0.500. The molecule has 4 heteroatoms. The van der Waals surface area contributed by atoms with E-state index in [1.165, 1.54) is 13.0 Å². The molecule has 1 atom stereocenters. The van der Waals surface area contributed by atoms with Gasteiger partial charge in [0.1, 0.15) is 0 Å². The standard InChI is InChI=1S/C14H19BrN2O/c1-16-6-5-11(8-16)9-17(2)14-7-13(15)4-3-12(14)10-18/h3-4,7,10-11H,5-6,8-9H2,1-2H3. The van der Waals surface area contributed by atoms with Crippen molar-refractivity contribution in [3.05, 3.63) is 28.2 Å². The number of nitrogens with zero attached hydrogens (tertiary/aromatic N) is 2. The summed E-state index contributed by atoms with van der Waals surface area (Å²) in [6.45, 7) is 3.33. The van der Waals surface area contributed by atoms with E-state index in [1.807, 2.05) is 18.2 Å². The molecular formula is C14H19BrN2O. The molecule has 0 N–H and O–H groups in total. The fourth-order valence-electron chi connectivity index (χ4n) is 2.61. The molecule has 0 aliphatic carbocycles. The van der Waals surface area contributed by atoms with Gasteiger partial charge in [-0.3, -0.25) is 4.79 Å². The van der Waals surface area contributed by atoms with Gasteiger partial charge in [0.15, 0.2) is 6.29 Å². The Morgan fingerprint density at radius 1 is 1.56 bits per heavy atom. The third-order valence-corrected chi connectivity index (χ3v) is 4.04. The molecule has 0 radical (unpaired) electrons. The zero-order valence-corrected chi connectivity index (χ0v) is 12.5. The van der Waals surface area contributed by atoms with Crippen molar-refractivity contribution in [1.82, 2.24) is 4.90 Å². The first-order valence-corrected chi connectivity index (χ1v) is 7.04. The van der Waals surface area contributed by atoms with E-state index in [-0.39, 0.29) is 0 Å². The summed E-state index contributed by atoms with van der Waals surface area (Å²) in [5.74, 6) is 0.693. The first-order chi connectivity index (χ1) is 8.60. The van der Waals surface area contributed by atoms with Crippen LogP contribution in [-0.4, -0.2) is 44.9 Å². The van der Waals surface area contributed by atoms with Gasteiger partial charge in [-0.15, -0.1) is 0 Å². The van der Waals surface area contributed by atoms with Crippen molar-refractivity contribution in [2.45, 2.75) is 6.42 Å². The molecule has 2 rings (SSSR count). The average molecular weight is 311 g/mol. The van der Waals surface area contributed by atoms with Crippen LogP contribution in [0.2, 0.25) is 0 Å². The molecule has 0 spiro atoms. The summed E-state index contributed by atoms with van der Waals surface area (Å²) < 4.78 is 1.01. The number of hydrogen-bond acceptors (Lipinski definition) is 3. The summed E-state index contributed by atoms with van der Waals surface area (Å²) in [5, 5.41) is 0. The summed E-state index contributed by atoms with van der Waals surface area (Å²) in [6, 6.07) is 5.79. The van der Waals surface area contributed by atoms with Crippen molar-refractivity contribution in [3.8, 4) is 0 Å². The van der Waals surface area contributed by atoms with Crippen molar-refractivity contribution < 1.29 is 4.79 Å². The summed E-state index contributed by atoms with van der Waals surface area (Å²) >= 11 is 3.47. The highest BCUT2D eigenvalue weighted by Gasteiger charge is 2.21. The molecule has 0 amide bonds. The van der Waals surface area contributed by atoms with Crippen LogP contribution in [0.5, 0.6) is 0 Å². The Bertz CT molecular complexity index is 436. The van der Waals surface area contributed by atoms with Gasteiger partial charge in [0, 0.05) is 35.9 Å². The molecule has 98 valence electrons. The molecule has 1 aliphatic rings. The Morgan fingerprint density at radius 3 is 2.94 bits per heavy atom. The van der Waals surface area contributed by atoms with E-state index in [0.29, 0.717) is 5.92 Å². The minimum atomic E-state index is 0.693. The van der Waals surface area contributed by atoms with Crippen LogP contribution in [0.25, 0.3) is 0 Å². The lowest BCUT2D eigenvalue weighted by molar-refractivity contribution is 0.112. The Morgan fingerprint density at radius 2 is 2.33 bits per heavy atom. The van der Waals surface area contributed by atoms with E-state index in [9.17, 15) is 4.79 Å². The number of aldehydes is 1. The zero-order chi connectivity index (χ0) is 13.1. The number of benzene rings is 1. The van der Waals surface area contributed by atoms with Gasteiger partial charge >= 0.3 is 0 Å². The molecule has 1 aromatic carbocycles. The van der Waals surface area contributed by atoms with E-state index in [4.69, 9.17) is 0 Å². The monoisotopic (exact) mass is 310 g/mol. The van der Waals surface area contributed by atoms with Crippen LogP contribution in [0.3, 0.4) is 0 Å². The summed E-state index contributed by atoms with van der Waals surface area (Å²) in [4.78, 5) is 15.6. The van der Waals surface area contributed by atoms with E-state index in [2.05, 4.69) is 39.8 Å². The molecule has 0 bridgehead atoms. The van der Waals surface area contributed by atoms with Crippen molar-refractivity contribution in [2.75, 3.05) is 38.6 Å². The molecule has 18 heavy (non-hydrogen) atoms. The molecule has 1 saturated heterocycles. The molecule has 0 aromatic heterocycles. The van der Waals surface area contributed by atoms with Crippen molar-refractivity contribution in [2.24, 2.45) is 5.92 Å². The number of halogens is 1. The van der Waals surface area contributed by atoms with Crippen LogP contribution in [0.4, 0.5) is 5.69 Å². The average Bonchev–Trinajstić information content (AvgIpc) is 2.74. The van der Waals surface area contributed by atoms with E-state index in [1.54, 1.807) is 0 Å². The number of likely N-dealkylation sites (tertiary alicyclic amines) is 1. The van der Waals surface area contributed by atoms with E-state index < -0.39 is 0 Å². The van der Waals surface area contributed by atoms with Gasteiger partial charge < -0.3 is 9.80 Å². The van der Waals surface area contributed by atoms with Crippen LogP contribution in [0.15, 0.2) is 22.7 Å². The van der Waals surface area contributed by atoms with Crippen LogP contribution >= 0.6 is 15.9 Å². The van der Waals surface area contributed by atoms with Gasteiger partial charge in [0.2, 0.25) is 0 Å². The van der Waals surface area contributed by atoms with Crippen LogP contribution < -0.4 is 4.90 Å². The normalized spacial score (nSPS) is 20.1. The number of rotatable bonds is 4. The Hall–Kier alpha value is -0.870. The van der Waals surface area contributed by atoms with Crippen LogP contribution in [0, 0.1) is 5.92 Å². The van der Waals surface area contributed by atoms with Gasteiger partial charge in [0.05, 0.1) is 0 Å². The van der Waals surface area contributed by atoms with Gasteiger partial charge in [-0.25, -0.2) is 0 Å². The predicted molar refractivity (Wildman–Crippen MR) is 78.4 cm³/mol. The second-order valence-electron chi connectivity index (χ2n) is 5.12. The number of carbonyl (C=O) groups is 1. The number of anilines is 1. The molecule has 1 aliphatic heterocycles. The third kappa shape index (κ3) is 3.12. The maximum absolute atomic E-state index is 11.1. The zero-order valence-electron chi connectivity index (χ0n) is 10.9. The summed E-state index contributed by atoms with van der Waals surface area (Å²) in [6.07, 6.45) is 2.17. The third-order valence-electron chi connectivity index (χ3n) is 3.55. The largest absolute Gasteiger partial charge is 0.374 e. The van der Waals surface area contributed by atoms with Crippen molar-refractivity contribution in [1.29, 1.82) is 0 Å². The van der Waals surface area contributed by atoms with Gasteiger partial charge in [0.25, 0.3) is 0 Å². The first kappa shape index (κ1) is 13.6. The maximum atomic E-state index is 11.1. The minimum Gasteiger partial charge on any atom is -0.374 e. The van der Waals surface area contributed by atoms with Crippen molar-refractivity contribution in [3.63, 3.8) is 0 Å². The lowest BCUT2D eigenvalue weighted by atomic mass is 10.1. The SMILES string of the molecule is CN1CCC(CN(C)c2cc(Br)ccc2C=O)C1. The van der Waals surface area contributed by atoms with Gasteiger partial charge in [-0.1, -0.05) is 15.9 Å². The Balaban J connectivity index is 2.10.